The molecule has 1 aliphatic heterocycles. The lowest BCUT2D eigenvalue weighted by atomic mass is 10.1. The molecule has 0 unspecified atom stereocenters. The summed E-state index contributed by atoms with van der Waals surface area (Å²) in [6.07, 6.45) is 1.89. The quantitative estimate of drug-likeness (QED) is 0.447. The maximum absolute atomic E-state index is 12.6. The molecular weight excluding hydrogens is 420 g/mol. The molecule has 1 heterocycles. The Morgan fingerprint density at radius 3 is 2.43 bits per heavy atom. The van der Waals surface area contributed by atoms with Crippen LogP contribution in [-0.4, -0.2) is 57.2 Å². The van der Waals surface area contributed by atoms with E-state index in [9.17, 15) is 13.2 Å². The number of morpholine rings is 1. The molecule has 0 aliphatic carbocycles. The van der Waals surface area contributed by atoms with Crippen molar-refractivity contribution < 1.29 is 17.9 Å². The van der Waals surface area contributed by atoms with E-state index in [1.807, 2.05) is 18.2 Å². The van der Waals surface area contributed by atoms with E-state index in [1.165, 1.54) is 9.20 Å². The first-order chi connectivity index (χ1) is 14.6. The fourth-order valence-electron chi connectivity index (χ4n) is 3.12. The van der Waals surface area contributed by atoms with Gasteiger partial charge in [0, 0.05) is 31.0 Å². The van der Waals surface area contributed by atoms with Crippen molar-refractivity contribution in [2.45, 2.75) is 29.1 Å². The summed E-state index contributed by atoms with van der Waals surface area (Å²) < 4.78 is 31.9. The molecule has 0 atom stereocenters. The van der Waals surface area contributed by atoms with E-state index in [4.69, 9.17) is 4.74 Å². The SMILES string of the molecule is O=C(CCc1ccc(S(=O)(=O)N2CCOCC2)cc1)NCCCSc1ccccc1. The topological polar surface area (TPSA) is 75.7 Å². The fourth-order valence-corrected chi connectivity index (χ4v) is 5.40. The van der Waals surface area contributed by atoms with Gasteiger partial charge >= 0.3 is 0 Å². The van der Waals surface area contributed by atoms with Crippen LogP contribution in [0.5, 0.6) is 0 Å². The van der Waals surface area contributed by atoms with Gasteiger partial charge in [0.1, 0.15) is 0 Å². The first-order valence-corrected chi connectivity index (χ1v) is 12.6. The maximum Gasteiger partial charge on any atom is 0.243 e. The van der Waals surface area contributed by atoms with Crippen LogP contribution in [0.15, 0.2) is 64.4 Å². The molecule has 8 heteroatoms. The average Bonchev–Trinajstić information content (AvgIpc) is 2.79. The van der Waals surface area contributed by atoms with Gasteiger partial charge in [0.2, 0.25) is 15.9 Å². The normalized spacial score (nSPS) is 15.1. The number of benzene rings is 2. The zero-order valence-corrected chi connectivity index (χ0v) is 18.6. The summed E-state index contributed by atoms with van der Waals surface area (Å²) in [4.78, 5) is 13.6. The Balaban J connectivity index is 1.36. The van der Waals surface area contributed by atoms with Gasteiger partial charge in [0.05, 0.1) is 18.1 Å². The number of sulfonamides is 1. The number of thioether (sulfide) groups is 1. The summed E-state index contributed by atoms with van der Waals surface area (Å²) in [5, 5.41) is 2.95. The molecule has 1 saturated heterocycles. The Kier molecular flexibility index (Phi) is 8.74. The third-order valence-electron chi connectivity index (χ3n) is 4.83. The lowest BCUT2D eigenvalue weighted by molar-refractivity contribution is -0.121. The van der Waals surface area contributed by atoms with Gasteiger partial charge in [-0.15, -0.1) is 11.8 Å². The molecule has 0 spiro atoms. The lowest BCUT2D eigenvalue weighted by Gasteiger charge is -2.26. The second-order valence-electron chi connectivity index (χ2n) is 7.03. The van der Waals surface area contributed by atoms with Gasteiger partial charge in [-0.25, -0.2) is 8.42 Å². The van der Waals surface area contributed by atoms with Crippen LogP contribution in [0.4, 0.5) is 0 Å². The highest BCUT2D eigenvalue weighted by Gasteiger charge is 2.26. The molecule has 162 valence electrons. The van der Waals surface area contributed by atoms with Crippen molar-refractivity contribution in [2.24, 2.45) is 0 Å². The van der Waals surface area contributed by atoms with E-state index in [0.29, 0.717) is 45.7 Å². The van der Waals surface area contributed by atoms with E-state index in [1.54, 1.807) is 36.0 Å². The zero-order chi connectivity index (χ0) is 21.2. The zero-order valence-electron chi connectivity index (χ0n) is 17.0. The fraction of sp³-hybridized carbons (Fsp3) is 0.409. The van der Waals surface area contributed by atoms with Gasteiger partial charge in [-0.2, -0.15) is 4.31 Å². The number of ether oxygens (including phenoxy) is 1. The average molecular weight is 449 g/mol. The number of nitrogens with zero attached hydrogens (tertiary/aromatic N) is 1. The predicted molar refractivity (Wildman–Crippen MR) is 119 cm³/mol. The number of amides is 1. The highest BCUT2D eigenvalue weighted by Crippen LogP contribution is 2.19. The van der Waals surface area contributed by atoms with Crippen LogP contribution < -0.4 is 5.32 Å². The number of carbonyl (C=O) groups excluding carboxylic acids is 1. The van der Waals surface area contributed by atoms with Crippen molar-refractivity contribution in [1.29, 1.82) is 0 Å². The smallest absolute Gasteiger partial charge is 0.243 e. The third-order valence-corrected chi connectivity index (χ3v) is 7.84. The number of nitrogens with one attached hydrogen (secondary N) is 1. The van der Waals surface area contributed by atoms with Crippen molar-refractivity contribution in [2.75, 3.05) is 38.6 Å². The predicted octanol–water partition coefficient (Wildman–Crippen LogP) is 2.94. The summed E-state index contributed by atoms with van der Waals surface area (Å²) in [5.74, 6) is 0.980. The monoisotopic (exact) mass is 448 g/mol. The Bertz CT molecular complexity index is 896. The molecule has 0 bridgehead atoms. The summed E-state index contributed by atoms with van der Waals surface area (Å²) in [6.45, 7) is 2.28. The minimum absolute atomic E-state index is 0.0183. The number of rotatable bonds is 10. The number of hydrogen-bond acceptors (Lipinski definition) is 5. The lowest BCUT2D eigenvalue weighted by Crippen LogP contribution is -2.40. The van der Waals surface area contributed by atoms with Gasteiger partial charge in [-0.1, -0.05) is 30.3 Å². The molecule has 1 fully saturated rings. The molecule has 1 amide bonds. The minimum Gasteiger partial charge on any atom is -0.379 e. The van der Waals surface area contributed by atoms with Crippen molar-refractivity contribution in [3.05, 3.63) is 60.2 Å². The molecule has 3 rings (SSSR count). The van der Waals surface area contributed by atoms with Crippen molar-refractivity contribution in [3.8, 4) is 0 Å². The minimum atomic E-state index is -3.48. The molecule has 30 heavy (non-hydrogen) atoms. The maximum atomic E-state index is 12.6. The van der Waals surface area contributed by atoms with Crippen LogP contribution >= 0.6 is 11.8 Å². The summed E-state index contributed by atoms with van der Waals surface area (Å²) in [7, 11) is -3.48. The summed E-state index contributed by atoms with van der Waals surface area (Å²) in [5.41, 5.74) is 0.950. The third kappa shape index (κ3) is 6.84. The van der Waals surface area contributed by atoms with Gasteiger partial charge in [-0.05, 0) is 48.4 Å². The largest absolute Gasteiger partial charge is 0.379 e. The van der Waals surface area contributed by atoms with Crippen molar-refractivity contribution in [1.82, 2.24) is 9.62 Å². The van der Waals surface area contributed by atoms with E-state index in [2.05, 4.69) is 17.4 Å². The van der Waals surface area contributed by atoms with E-state index in [-0.39, 0.29) is 10.8 Å². The van der Waals surface area contributed by atoms with E-state index in [0.717, 1.165) is 17.7 Å². The van der Waals surface area contributed by atoms with Gasteiger partial charge in [0.15, 0.2) is 0 Å². The Morgan fingerprint density at radius 1 is 1.03 bits per heavy atom. The van der Waals surface area contributed by atoms with Crippen LogP contribution in [0.1, 0.15) is 18.4 Å². The van der Waals surface area contributed by atoms with Crippen molar-refractivity contribution in [3.63, 3.8) is 0 Å². The van der Waals surface area contributed by atoms with Crippen LogP contribution in [0.3, 0.4) is 0 Å². The standard InChI is InChI=1S/C22H28N2O4S2/c25-22(23-13-4-18-29-20-5-2-1-3-6-20)12-9-19-7-10-21(11-8-19)30(26,27)24-14-16-28-17-15-24/h1-3,5-8,10-11H,4,9,12-18H2,(H,23,25). The highest BCUT2D eigenvalue weighted by molar-refractivity contribution is 7.99. The first-order valence-electron chi connectivity index (χ1n) is 10.2. The molecule has 0 saturated carbocycles. The van der Waals surface area contributed by atoms with Crippen LogP contribution in [0.25, 0.3) is 0 Å². The molecular formula is C22H28N2O4S2. The highest BCUT2D eigenvalue weighted by atomic mass is 32.2. The molecule has 0 aromatic heterocycles. The molecule has 0 radical (unpaired) electrons. The summed E-state index contributed by atoms with van der Waals surface area (Å²) >= 11 is 1.78. The Labute approximate surface area is 183 Å². The van der Waals surface area contributed by atoms with Gasteiger partial charge in [-0.3, -0.25) is 4.79 Å². The second-order valence-corrected chi connectivity index (χ2v) is 10.1. The molecule has 2 aromatic rings. The van der Waals surface area contributed by atoms with Gasteiger partial charge in [0.25, 0.3) is 0 Å². The van der Waals surface area contributed by atoms with Gasteiger partial charge < -0.3 is 10.1 Å². The van der Waals surface area contributed by atoms with Crippen LogP contribution in [-0.2, 0) is 26.0 Å². The van der Waals surface area contributed by atoms with Crippen LogP contribution in [0, 0.1) is 0 Å². The number of aryl methyl sites for hydroxylation is 1. The number of hydrogen-bond donors (Lipinski definition) is 1. The molecule has 1 N–H and O–H groups in total. The van der Waals surface area contributed by atoms with Crippen LogP contribution in [0.2, 0.25) is 0 Å². The molecule has 1 aliphatic rings. The summed E-state index contributed by atoms with van der Waals surface area (Å²) in [6, 6.07) is 17.0. The molecule has 2 aromatic carbocycles. The first kappa shape index (κ1) is 22.8. The van der Waals surface area contributed by atoms with E-state index < -0.39 is 10.0 Å². The Hall–Kier alpha value is -1.87. The second kappa shape index (κ2) is 11.5. The Morgan fingerprint density at radius 2 is 1.73 bits per heavy atom. The van der Waals surface area contributed by atoms with Crippen molar-refractivity contribution >= 4 is 27.7 Å². The molecule has 6 nitrogen and oxygen atoms in total. The number of carbonyl (C=O) groups is 1. The van der Waals surface area contributed by atoms with E-state index >= 15 is 0 Å².